The van der Waals surface area contributed by atoms with Crippen LogP contribution in [0.4, 0.5) is 0 Å². The number of nitrogens with one attached hydrogen (secondary N) is 2. The van der Waals surface area contributed by atoms with E-state index in [1.807, 2.05) is 30.3 Å². The third kappa shape index (κ3) is 4.45. The Morgan fingerprint density at radius 1 is 1.10 bits per heavy atom. The summed E-state index contributed by atoms with van der Waals surface area (Å²) in [6, 6.07) is 11.3. The lowest BCUT2D eigenvalue weighted by Gasteiger charge is -2.04. The molecule has 1 heterocycles. The molecule has 0 fully saturated rings. The van der Waals surface area contributed by atoms with Gasteiger partial charge in [-0.3, -0.25) is 9.59 Å². The van der Waals surface area contributed by atoms with Crippen LogP contribution in [0.2, 0.25) is 0 Å². The Balaban J connectivity index is 1.84. The van der Waals surface area contributed by atoms with Gasteiger partial charge in [0.2, 0.25) is 5.91 Å². The number of carbonyl (C=O) groups excluding carboxylic acids is 2. The topological polar surface area (TPSA) is 76.0 Å². The summed E-state index contributed by atoms with van der Waals surface area (Å²) in [4.78, 5) is 22.6. The molecular formula is C15H18N4O2. The van der Waals surface area contributed by atoms with E-state index >= 15 is 0 Å². The van der Waals surface area contributed by atoms with Gasteiger partial charge >= 0.3 is 0 Å². The fourth-order valence-electron chi connectivity index (χ4n) is 1.81. The molecule has 0 bridgehead atoms. The van der Waals surface area contributed by atoms with E-state index in [0.717, 1.165) is 5.69 Å². The van der Waals surface area contributed by atoms with Crippen molar-refractivity contribution in [3.8, 4) is 5.69 Å². The van der Waals surface area contributed by atoms with Crippen molar-refractivity contribution in [1.29, 1.82) is 0 Å². The van der Waals surface area contributed by atoms with Gasteiger partial charge < -0.3 is 10.6 Å². The number of aromatic nitrogens is 2. The first kappa shape index (κ1) is 14.8. The van der Waals surface area contributed by atoms with Gasteiger partial charge in [-0.05, 0) is 24.6 Å². The zero-order valence-electron chi connectivity index (χ0n) is 11.9. The van der Waals surface area contributed by atoms with Crippen molar-refractivity contribution in [3.63, 3.8) is 0 Å². The van der Waals surface area contributed by atoms with Crippen molar-refractivity contribution in [2.75, 3.05) is 13.1 Å². The Kier molecular flexibility index (Phi) is 5.09. The van der Waals surface area contributed by atoms with Gasteiger partial charge in [0.1, 0.15) is 0 Å². The summed E-state index contributed by atoms with van der Waals surface area (Å²) >= 11 is 0. The van der Waals surface area contributed by atoms with Crippen molar-refractivity contribution < 1.29 is 9.59 Å². The molecule has 0 aliphatic heterocycles. The average Bonchev–Trinajstić information content (AvgIpc) is 2.97. The van der Waals surface area contributed by atoms with E-state index in [1.165, 1.54) is 6.92 Å². The van der Waals surface area contributed by atoms with E-state index in [1.54, 1.807) is 16.9 Å². The second-order valence-electron chi connectivity index (χ2n) is 4.57. The minimum atomic E-state index is -0.215. The molecule has 1 aromatic heterocycles. The van der Waals surface area contributed by atoms with Gasteiger partial charge in [0.05, 0.1) is 5.69 Å². The van der Waals surface area contributed by atoms with Crippen LogP contribution in [0.15, 0.2) is 42.6 Å². The molecule has 21 heavy (non-hydrogen) atoms. The second-order valence-corrected chi connectivity index (χ2v) is 4.57. The monoisotopic (exact) mass is 286 g/mol. The van der Waals surface area contributed by atoms with Crippen LogP contribution in [0.3, 0.4) is 0 Å². The van der Waals surface area contributed by atoms with Crippen LogP contribution in [0.25, 0.3) is 5.69 Å². The molecule has 6 nitrogen and oxygen atoms in total. The third-order valence-electron chi connectivity index (χ3n) is 2.86. The fraction of sp³-hybridized carbons (Fsp3) is 0.267. The molecule has 6 heteroatoms. The largest absolute Gasteiger partial charge is 0.356 e. The predicted octanol–water partition coefficient (Wildman–Crippen LogP) is 1.13. The fourth-order valence-corrected chi connectivity index (χ4v) is 1.81. The summed E-state index contributed by atoms with van der Waals surface area (Å²) in [5.74, 6) is -0.282. The van der Waals surface area contributed by atoms with Crippen LogP contribution in [0, 0.1) is 0 Å². The minimum absolute atomic E-state index is 0.0667. The van der Waals surface area contributed by atoms with E-state index in [2.05, 4.69) is 15.7 Å². The standard InChI is InChI=1S/C15H18N4O2/c1-12(20)16-9-5-10-17-15(21)14-8-11-19(18-14)13-6-3-2-4-7-13/h2-4,6-8,11H,5,9-10H2,1H3,(H,16,20)(H,17,21). The van der Waals surface area contributed by atoms with Gasteiger partial charge in [-0.2, -0.15) is 5.10 Å². The quantitative estimate of drug-likeness (QED) is 0.782. The van der Waals surface area contributed by atoms with Crippen molar-refractivity contribution in [2.24, 2.45) is 0 Å². The Labute approximate surface area is 123 Å². The van der Waals surface area contributed by atoms with Gasteiger partial charge in [-0.1, -0.05) is 18.2 Å². The lowest BCUT2D eigenvalue weighted by Crippen LogP contribution is -2.29. The molecule has 110 valence electrons. The maximum Gasteiger partial charge on any atom is 0.271 e. The summed E-state index contributed by atoms with van der Waals surface area (Å²) in [5, 5.41) is 9.69. The predicted molar refractivity (Wildman–Crippen MR) is 79.2 cm³/mol. The van der Waals surface area contributed by atoms with Gasteiger partial charge in [0.15, 0.2) is 5.69 Å². The zero-order chi connectivity index (χ0) is 15.1. The average molecular weight is 286 g/mol. The highest BCUT2D eigenvalue weighted by Crippen LogP contribution is 2.06. The lowest BCUT2D eigenvalue weighted by molar-refractivity contribution is -0.118. The molecule has 2 rings (SSSR count). The number of benzene rings is 1. The number of amides is 2. The van der Waals surface area contributed by atoms with Crippen LogP contribution in [-0.2, 0) is 4.79 Å². The molecule has 0 radical (unpaired) electrons. The van der Waals surface area contributed by atoms with E-state index in [-0.39, 0.29) is 11.8 Å². The summed E-state index contributed by atoms with van der Waals surface area (Å²) in [6.45, 7) is 2.51. The van der Waals surface area contributed by atoms with Crippen molar-refractivity contribution in [3.05, 3.63) is 48.3 Å². The summed E-state index contributed by atoms with van der Waals surface area (Å²) < 4.78 is 1.66. The van der Waals surface area contributed by atoms with E-state index in [4.69, 9.17) is 0 Å². The molecule has 0 unspecified atom stereocenters. The number of hydrogen-bond acceptors (Lipinski definition) is 3. The first-order valence-corrected chi connectivity index (χ1v) is 6.80. The number of hydrogen-bond donors (Lipinski definition) is 2. The highest BCUT2D eigenvalue weighted by Gasteiger charge is 2.09. The van der Waals surface area contributed by atoms with E-state index < -0.39 is 0 Å². The van der Waals surface area contributed by atoms with Crippen molar-refractivity contribution >= 4 is 11.8 Å². The molecular weight excluding hydrogens is 268 g/mol. The normalized spacial score (nSPS) is 10.1. The molecule has 2 N–H and O–H groups in total. The minimum Gasteiger partial charge on any atom is -0.356 e. The first-order chi connectivity index (χ1) is 10.2. The molecule has 0 aliphatic carbocycles. The molecule has 0 saturated carbocycles. The Bertz CT molecular complexity index is 607. The Morgan fingerprint density at radius 3 is 2.52 bits per heavy atom. The number of carbonyl (C=O) groups is 2. The zero-order valence-corrected chi connectivity index (χ0v) is 11.9. The molecule has 0 spiro atoms. The number of rotatable bonds is 6. The van der Waals surface area contributed by atoms with Crippen molar-refractivity contribution in [2.45, 2.75) is 13.3 Å². The maximum atomic E-state index is 11.9. The number of nitrogens with zero attached hydrogens (tertiary/aromatic N) is 2. The van der Waals surface area contributed by atoms with Crippen molar-refractivity contribution in [1.82, 2.24) is 20.4 Å². The molecule has 1 aromatic carbocycles. The maximum absolute atomic E-state index is 11.9. The summed E-state index contributed by atoms with van der Waals surface area (Å²) in [5.41, 5.74) is 1.28. The van der Waals surface area contributed by atoms with Crippen LogP contribution in [0.1, 0.15) is 23.8 Å². The van der Waals surface area contributed by atoms with Crippen LogP contribution < -0.4 is 10.6 Å². The van der Waals surface area contributed by atoms with Gasteiger partial charge in [0, 0.05) is 26.2 Å². The van der Waals surface area contributed by atoms with Crippen LogP contribution in [0.5, 0.6) is 0 Å². The van der Waals surface area contributed by atoms with E-state index in [9.17, 15) is 9.59 Å². The van der Waals surface area contributed by atoms with E-state index in [0.29, 0.717) is 25.2 Å². The lowest BCUT2D eigenvalue weighted by atomic mass is 10.3. The molecule has 0 saturated heterocycles. The van der Waals surface area contributed by atoms with Gasteiger partial charge in [0.25, 0.3) is 5.91 Å². The molecule has 2 aromatic rings. The highest BCUT2D eigenvalue weighted by molar-refractivity contribution is 5.92. The van der Waals surface area contributed by atoms with Crippen LogP contribution >= 0.6 is 0 Å². The SMILES string of the molecule is CC(=O)NCCCNC(=O)c1ccn(-c2ccccc2)n1. The Morgan fingerprint density at radius 2 is 1.81 bits per heavy atom. The smallest absolute Gasteiger partial charge is 0.271 e. The summed E-state index contributed by atoms with van der Waals surface area (Å²) in [7, 11) is 0. The molecule has 0 atom stereocenters. The van der Waals surface area contributed by atoms with Gasteiger partial charge in [-0.15, -0.1) is 0 Å². The third-order valence-corrected chi connectivity index (χ3v) is 2.86. The Hall–Kier alpha value is -2.63. The van der Waals surface area contributed by atoms with Gasteiger partial charge in [-0.25, -0.2) is 4.68 Å². The first-order valence-electron chi connectivity index (χ1n) is 6.80. The second kappa shape index (κ2) is 7.23. The summed E-state index contributed by atoms with van der Waals surface area (Å²) in [6.07, 6.45) is 2.44. The molecule has 2 amide bonds. The molecule has 0 aliphatic rings. The number of para-hydroxylation sites is 1. The van der Waals surface area contributed by atoms with Crippen LogP contribution in [-0.4, -0.2) is 34.7 Å². The highest BCUT2D eigenvalue weighted by atomic mass is 16.2.